The van der Waals surface area contributed by atoms with Crippen molar-refractivity contribution in [1.82, 2.24) is 14.5 Å². The van der Waals surface area contributed by atoms with Crippen LogP contribution < -0.4 is 10.9 Å². The number of carbonyl (C=O) groups is 1. The highest BCUT2D eigenvalue weighted by atomic mass is 32.1. The largest absolute Gasteiger partial charge is 0.300 e. The van der Waals surface area contributed by atoms with Gasteiger partial charge in [0.25, 0.3) is 5.56 Å². The average Bonchev–Trinajstić information content (AvgIpc) is 3.04. The molecule has 0 radical (unpaired) electrons. The van der Waals surface area contributed by atoms with Crippen LogP contribution in [-0.2, 0) is 11.3 Å². The van der Waals surface area contributed by atoms with E-state index in [1.54, 1.807) is 18.5 Å². The molecule has 0 aliphatic rings. The van der Waals surface area contributed by atoms with Crippen molar-refractivity contribution in [1.29, 1.82) is 0 Å². The van der Waals surface area contributed by atoms with Crippen molar-refractivity contribution in [2.24, 2.45) is 0 Å². The van der Waals surface area contributed by atoms with E-state index < -0.39 is 0 Å². The third-order valence-corrected chi connectivity index (χ3v) is 3.94. The van der Waals surface area contributed by atoms with Gasteiger partial charge in [0.05, 0.1) is 5.69 Å². The minimum absolute atomic E-state index is 0.0910. The molecule has 116 valence electrons. The molecule has 0 atom stereocenters. The Morgan fingerprint density at radius 3 is 2.74 bits per heavy atom. The Morgan fingerprint density at radius 2 is 2.09 bits per heavy atom. The Bertz CT molecular complexity index is 873. The first-order valence-corrected chi connectivity index (χ1v) is 7.85. The molecule has 1 N–H and O–H groups in total. The van der Waals surface area contributed by atoms with Crippen molar-refractivity contribution in [2.45, 2.75) is 13.5 Å². The Morgan fingerprint density at radius 1 is 1.30 bits per heavy atom. The van der Waals surface area contributed by atoms with Crippen LogP contribution in [0.3, 0.4) is 0 Å². The molecule has 2 aromatic heterocycles. The lowest BCUT2D eigenvalue weighted by atomic mass is 10.1. The summed E-state index contributed by atoms with van der Waals surface area (Å²) in [6.45, 7) is 1.62. The molecule has 1 aromatic carbocycles. The second kappa shape index (κ2) is 6.53. The van der Waals surface area contributed by atoms with E-state index in [9.17, 15) is 9.59 Å². The molecule has 0 unspecified atom stereocenters. The summed E-state index contributed by atoms with van der Waals surface area (Å²) in [6, 6.07) is 10.9. The normalized spacial score (nSPS) is 10.5. The summed E-state index contributed by atoms with van der Waals surface area (Å²) < 4.78 is 1.34. The monoisotopic (exact) mass is 326 g/mol. The Hall–Kier alpha value is -2.80. The summed E-state index contributed by atoms with van der Waals surface area (Å²) in [5.74, 6) is 0.185. The van der Waals surface area contributed by atoms with Crippen LogP contribution in [0.1, 0.15) is 5.82 Å². The second-order valence-corrected chi connectivity index (χ2v) is 5.76. The number of nitrogens with zero attached hydrogens (tertiary/aromatic N) is 3. The van der Waals surface area contributed by atoms with Gasteiger partial charge in [0.15, 0.2) is 5.13 Å². The first-order valence-electron chi connectivity index (χ1n) is 6.97. The van der Waals surface area contributed by atoms with E-state index in [0.29, 0.717) is 16.6 Å². The zero-order valence-corrected chi connectivity index (χ0v) is 13.2. The lowest BCUT2D eigenvalue weighted by Crippen LogP contribution is -2.29. The molecule has 7 heteroatoms. The fraction of sp³-hybridized carbons (Fsp3) is 0.125. The number of benzene rings is 1. The van der Waals surface area contributed by atoms with E-state index in [1.807, 2.05) is 30.3 Å². The maximum atomic E-state index is 12.3. The fourth-order valence-electron chi connectivity index (χ4n) is 2.16. The minimum atomic E-state index is -0.306. The molecule has 0 fully saturated rings. The quantitative estimate of drug-likeness (QED) is 0.798. The lowest BCUT2D eigenvalue weighted by molar-refractivity contribution is -0.116. The summed E-state index contributed by atoms with van der Waals surface area (Å²) in [4.78, 5) is 32.7. The van der Waals surface area contributed by atoms with Gasteiger partial charge >= 0.3 is 0 Å². The molecule has 23 heavy (non-hydrogen) atoms. The molecule has 0 saturated heterocycles. The van der Waals surface area contributed by atoms with Crippen LogP contribution in [0.25, 0.3) is 11.3 Å². The molecular formula is C16H14N4O2S. The molecule has 1 amide bonds. The number of amides is 1. The number of hydrogen-bond acceptors (Lipinski definition) is 5. The fourth-order valence-corrected chi connectivity index (χ4v) is 2.70. The summed E-state index contributed by atoms with van der Waals surface area (Å²) >= 11 is 1.32. The highest BCUT2D eigenvalue weighted by Gasteiger charge is 2.11. The van der Waals surface area contributed by atoms with Gasteiger partial charge in [-0.25, -0.2) is 9.97 Å². The molecule has 3 rings (SSSR count). The number of aryl methyl sites for hydroxylation is 1. The van der Waals surface area contributed by atoms with Crippen LogP contribution in [0.5, 0.6) is 0 Å². The molecule has 3 aromatic rings. The van der Waals surface area contributed by atoms with E-state index in [4.69, 9.17) is 0 Å². The Kier molecular flexibility index (Phi) is 4.29. The Labute approximate surface area is 136 Å². The second-order valence-electron chi connectivity index (χ2n) is 4.86. The van der Waals surface area contributed by atoms with E-state index in [0.717, 1.165) is 5.56 Å². The number of rotatable bonds is 4. The number of thiazole rings is 1. The molecule has 0 aliphatic heterocycles. The summed E-state index contributed by atoms with van der Waals surface area (Å²) in [5.41, 5.74) is 1.21. The molecule has 2 heterocycles. The maximum absolute atomic E-state index is 12.3. The van der Waals surface area contributed by atoms with Crippen LogP contribution in [0.15, 0.2) is 52.8 Å². The van der Waals surface area contributed by atoms with Crippen LogP contribution in [0, 0.1) is 6.92 Å². The third kappa shape index (κ3) is 3.51. The van der Waals surface area contributed by atoms with Crippen LogP contribution in [0.4, 0.5) is 5.13 Å². The predicted molar refractivity (Wildman–Crippen MR) is 89.4 cm³/mol. The number of hydrogen-bond donors (Lipinski definition) is 1. The van der Waals surface area contributed by atoms with Crippen molar-refractivity contribution in [2.75, 3.05) is 5.32 Å². The molecular weight excluding hydrogens is 312 g/mol. The van der Waals surface area contributed by atoms with E-state index in [-0.39, 0.29) is 18.0 Å². The van der Waals surface area contributed by atoms with Crippen molar-refractivity contribution in [3.05, 3.63) is 64.2 Å². The number of aromatic nitrogens is 3. The average molecular weight is 326 g/mol. The standard InChI is InChI=1S/C16H14N4O2S/c1-11-18-13(12-5-3-2-4-6-12)9-15(22)20(11)10-14(21)19-16-17-7-8-23-16/h2-9H,10H2,1H3,(H,17,19,21). The van der Waals surface area contributed by atoms with Crippen molar-refractivity contribution < 1.29 is 4.79 Å². The van der Waals surface area contributed by atoms with E-state index >= 15 is 0 Å². The predicted octanol–water partition coefficient (Wildman–Crippen LogP) is 2.31. The lowest BCUT2D eigenvalue weighted by Gasteiger charge is -2.10. The van der Waals surface area contributed by atoms with E-state index in [1.165, 1.54) is 22.0 Å². The SMILES string of the molecule is Cc1nc(-c2ccccc2)cc(=O)n1CC(=O)Nc1nccs1. The highest BCUT2D eigenvalue weighted by Crippen LogP contribution is 2.15. The third-order valence-electron chi connectivity index (χ3n) is 3.25. The van der Waals surface area contributed by atoms with Crippen molar-refractivity contribution in [3.8, 4) is 11.3 Å². The van der Waals surface area contributed by atoms with Gasteiger partial charge in [-0.15, -0.1) is 11.3 Å². The highest BCUT2D eigenvalue weighted by molar-refractivity contribution is 7.13. The van der Waals surface area contributed by atoms with Gasteiger partial charge in [0.1, 0.15) is 12.4 Å². The molecule has 0 spiro atoms. The zero-order chi connectivity index (χ0) is 16.2. The van der Waals surface area contributed by atoms with Gasteiger partial charge in [-0.1, -0.05) is 30.3 Å². The number of nitrogens with one attached hydrogen (secondary N) is 1. The summed E-state index contributed by atoms with van der Waals surface area (Å²) in [7, 11) is 0. The minimum Gasteiger partial charge on any atom is -0.300 e. The number of anilines is 1. The van der Waals surface area contributed by atoms with Gasteiger partial charge in [-0.3, -0.25) is 14.2 Å². The van der Waals surface area contributed by atoms with Crippen molar-refractivity contribution in [3.63, 3.8) is 0 Å². The summed E-state index contributed by atoms with van der Waals surface area (Å²) in [6.07, 6.45) is 1.61. The van der Waals surface area contributed by atoms with Gasteiger partial charge in [0, 0.05) is 23.2 Å². The molecule has 0 saturated carbocycles. The van der Waals surface area contributed by atoms with Gasteiger partial charge in [0.2, 0.25) is 5.91 Å². The number of carbonyl (C=O) groups excluding carboxylic acids is 1. The maximum Gasteiger partial charge on any atom is 0.254 e. The van der Waals surface area contributed by atoms with Crippen LogP contribution in [0.2, 0.25) is 0 Å². The first kappa shape index (κ1) is 15.1. The molecule has 6 nitrogen and oxygen atoms in total. The molecule has 0 aliphatic carbocycles. The van der Waals surface area contributed by atoms with Gasteiger partial charge in [-0.2, -0.15) is 0 Å². The zero-order valence-electron chi connectivity index (χ0n) is 12.4. The van der Waals surface area contributed by atoms with Crippen LogP contribution in [-0.4, -0.2) is 20.4 Å². The first-order chi connectivity index (χ1) is 11.1. The van der Waals surface area contributed by atoms with Crippen molar-refractivity contribution >= 4 is 22.4 Å². The van der Waals surface area contributed by atoms with Crippen LogP contribution >= 0.6 is 11.3 Å². The van der Waals surface area contributed by atoms with Gasteiger partial charge in [-0.05, 0) is 6.92 Å². The van der Waals surface area contributed by atoms with E-state index in [2.05, 4.69) is 15.3 Å². The molecule has 0 bridgehead atoms. The topological polar surface area (TPSA) is 76.9 Å². The summed E-state index contributed by atoms with van der Waals surface area (Å²) in [5, 5.41) is 4.93. The van der Waals surface area contributed by atoms with Gasteiger partial charge < -0.3 is 5.32 Å². The smallest absolute Gasteiger partial charge is 0.254 e. The Balaban J connectivity index is 1.83.